The zero-order chi connectivity index (χ0) is 28.4. The third kappa shape index (κ3) is 6.40. The van der Waals surface area contributed by atoms with Gasteiger partial charge in [0.15, 0.2) is 0 Å². The molecule has 1 aliphatic rings. The summed E-state index contributed by atoms with van der Waals surface area (Å²) in [7, 11) is -4.00. The Hall–Kier alpha value is -3.71. The molecule has 0 saturated heterocycles. The Labute approximate surface area is 222 Å². The van der Waals surface area contributed by atoms with E-state index in [4.69, 9.17) is 16.2 Å². The standard InChI is InChI=1S/C25H34N6O6S/c1-14-15(2)22(16(3)19-13-25(4,5)37-21(14)19)38(35,36)30-24(27)28-12-6-7-20(26)23(32)29-17-8-10-18(11-9-17)31(33)34/h8-11,20H,6-7,12-13,26H2,1-5H3,(H,29,32)(H3,27,28,30)/t20-/m0/s1. The minimum Gasteiger partial charge on any atom is -0.487 e. The maximum absolute atomic E-state index is 13.2. The lowest BCUT2D eigenvalue weighted by atomic mass is 9.94. The van der Waals surface area contributed by atoms with Crippen LogP contribution in [0.2, 0.25) is 0 Å². The Bertz CT molecular complexity index is 1390. The van der Waals surface area contributed by atoms with Crippen molar-refractivity contribution in [3.63, 3.8) is 0 Å². The molecule has 13 heteroatoms. The number of benzene rings is 2. The van der Waals surface area contributed by atoms with Crippen molar-refractivity contribution in [2.45, 2.75) is 70.4 Å². The summed E-state index contributed by atoms with van der Waals surface area (Å²) >= 11 is 0. The third-order valence-corrected chi connectivity index (χ3v) is 8.07. The molecule has 0 fully saturated rings. The molecule has 0 radical (unpaired) electrons. The highest BCUT2D eigenvalue weighted by Gasteiger charge is 2.36. The summed E-state index contributed by atoms with van der Waals surface area (Å²) in [5, 5.41) is 13.3. The average molecular weight is 547 g/mol. The van der Waals surface area contributed by atoms with Gasteiger partial charge in [0.25, 0.3) is 15.7 Å². The Morgan fingerprint density at radius 1 is 1.18 bits per heavy atom. The SMILES string of the molecule is Cc1c(C)c(S(=O)(=O)NC(N)=NCCC[C@H](N)C(=O)Nc2ccc([N+](=O)[O-])cc2)c(C)c2c1OC(C)(C)C2. The molecule has 1 aliphatic heterocycles. The van der Waals surface area contributed by atoms with E-state index in [1.165, 1.54) is 24.3 Å². The normalized spacial score (nSPS) is 15.4. The van der Waals surface area contributed by atoms with Crippen molar-refractivity contribution >= 4 is 33.3 Å². The number of carbonyl (C=O) groups excluding carboxylic acids is 1. The zero-order valence-corrected chi connectivity index (χ0v) is 22.9. The van der Waals surface area contributed by atoms with Crippen molar-refractivity contribution in [1.29, 1.82) is 0 Å². The quantitative estimate of drug-likeness (QED) is 0.121. The number of nitro groups is 1. The van der Waals surface area contributed by atoms with E-state index in [1.807, 2.05) is 20.8 Å². The first-order chi connectivity index (χ1) is 17.6. The van der Waals surface area contributed by atoms with Gasteiger partial charge in [-0.1, -0.05) is 0 Å². The van der Waals surface area contributed by atoms with Gasteiger partial charge in [0.05, 0.1) is 15.9 Å². The number of sulfonamides is 1. The summed E-state index contributed by atoms with van der Waals surface area (Å²) in [5.74, 6) is 0.0172. The lowest BCUT2D eigenvalue weighted by Gasteiger charge is -2.19. The second-order valence-electron chi connectivity index (χ2n) is 9.96. The molecule has 38 heavy (non-hydrogen) atoms. The molecule has 2 aromatic carbocycles. The van der Waals surface area contributed by atoms with Gasteiger partial charge in [-0.25, -0.2) is 13.1 Å². The van der Waals surface area contributed by atoms with Crippen molar-refractivity contribution < 1.29 is 22.9 Å². The fourth-order valence-electron chi connectivity index (χ4n) is 4.41. The lowest BCUT2D eigenvalue weighted by Crippen LogP contribution is -2.38. The van der Waals surface area contributed by atoms with E-state index in [0.717, 1.165) is 16.9 Å². The molecule has 206 valence electrons. The molecule has 3 rings (SSSR count). The fourth-order valence-corrected chi connectivity index (χ4v) is 5.94. The number of amides is 1. The molecule has 1 atom stereocenters. The number of aliphatic imine (C=N–C) groups is 1. The number of ether oxygens (including phenoxy) is 1. The van der Waals surface area contributed by atoms with Gasteiger partial charge in [-0.05, 0) is 76.3 Å². The number of hydrogen-bond acceptors (Lipinski definition) is 8. The summed E-state index contributed by atoms with van der Waals surface area (Å²) in [6.07, 6.45) is 1.24. The van der Waals surface area contributed by atoms with Crippen LogP contribution in [0.1, 0.15) is 48.9 Å². The largest absolute Gasteiger partial charge is 0.487 e. The molecule has 1 amide bonds. The number of non-ortho nitro benzene ring substituents is 1. The Morgan fingerprint density at radius 2 is 1.82 bits per heavy atom. The number of guanidine groups is 1. The highest BCUT2D eigenvalue weighted by atomic mass is 32.2. The maximum atomic E-state index is 13.2. The van der Waals surface area contributed by atoms with Crippen LogP contribution in [-0.4, -0.2) is 43.4 Å². The van der Waals surface area contributed by atoms with Crippen molar-refractivity contribution in [3.05, 3.63) is 56.6 Å². The summed E-state index contributed by atoms with van der Waals surface area (Å²) in [6.45, 7) is 9.42. The predicted octanol–water partition coefficient (Wildman–Crippen LogP) is 2.57. The number of fused-ring (bicyclic) bond motifs is 1. The van der Waals surface area contributed by atoms with Crippen LogP contribution in [0.5, 0.6) is 5.75 Å². The predicted molar refractivity (Wildman–Crippen MR) is 145 cm³/mol. The van der Waals surface area contributed by atoms with Crippen molar-refractivity contribution in [3.8, 4) is 5.75 Å². The van der Waals surface area contributed by atoms with Gasteiger partial charge >= 0.3 is 0 Å². The summed E-state index contributed by atoms with van der Waals surface area (Å²) in [4.78, 5) is 26.7. The minimum atomic E-state index is -4.00. The molecule has 2 aromatic rings. The zero-order valence-electron chi connectivity index (χ0n) is 22.1. The molecular weight excluding hydrogens is 512 g/mol. The molecule has 0 bridgehead atoms. The van der Waals surface area contributed by atoms with Gasteiger partial charge in [0, 0.05) is 36.3 Å². The minimum absolute atomic E-state index is 0.0898. The number of carbonyl (C=O) groups is 1. The average Bonchev–Trinajstić information content (AvgIpc) is 3.16. The van der Waals surface area contributed by atoms with E-state index in [0.29, 0.717) is 29.7 Å². The number of nitrogens with zero attached hydrogens (tertiary/aromatic N) is 2. The highest BCUT2D eigenvalue weighted by molar-refractivity contribution is 7.90. The Morgan fingerprint density at radius 3 is 2.42 bits per heavy atom. The molecular formula is C25H34N6O6S. The van der Waals surface area contributed by atoms with Crippen LogP contribution in [0.4, 0.5) is 11.4 Å². The lowest BCUT2D eigenvalue weighted by molar-refractivity contribution is -0.384. The number of nitrogens with one attached hydrogen (secondary N) is 2. The summed E-state index contributed by atoms with van der Waals surface area (Å²) in [6, 6.07) is 4.53. The maximum Gasteiger partial charge on any atom is 0.269 e. The topological polar surface area (TPSA) is 192 Å². The number of hydrogen-bond donors (Lipinski definition) is 4. The van der Waals surface area contributed by atoms with Gasteiger partial charge in [-0.3, -0.25) is 19.9 Å². The van der Waals surface area contributed by atoms with Crippen molar-refractivity contribution in [2.75, 3.05) is 11.9 Å². The van der Waals surface area contributed by atoms with E-state index >= 15 is 0 Å². The van der Waals surface area contributed by atoms with Gasteiger partial charge in [0.1, 0.15) is 11.4 Å². The molecule has 0 unspecified atom stereocenters. The van der Waals surface area contributed by atoms with Crippen LogP contribution in [-0.2, 0) is 21.2 Å². The first kappa shape index (κ1) is 28.9. The second-order valence-corrected chi connectivity index (χ2v) is 11.6. The van der Waals surface area contributed by atoms with Crippen molar-refractivity contribution in [2.24, 2.45) is 16.5 Å². The Kier molecular flexibility index (Phi) is 8.32. The molecule has 12 nitrogen and oxygen atoms in total. The molecule has 0 saturated carbocycles. The van der Waals surface area contributed by atoms with Gasteiger partial charge in [-0.2, -0.15) is 0 Å². The number of rotatable bonds is 9. The van der Waals surface area contributed by atoms with E-state index in [1.54, 1.807) is 13.8 Å². The van der Waals surface area contributed by atoms with Crippen LogP contribution in [0, 0.1) is 30.9 Å². The second kappa shape index (κ2) is 11.0. The highest BCUT2D eigenvalue weighted by Crippen LogP contribution is 2.43. The van der Waals surface area contributed by atoms with E-state index in [2.05, 4.69) is 15.0 Å². The number of nitrogens with two attached hydrogens (primary N) is 2. The summed E-state index contributed by atoms with van der Waals surface area (Å²) in [5.41, 5.74) is 14.5. The van der Waals surface area contributed by atoms with Crippen LogP contribution in [0.25, 0.3) is 0 Å². The van der Waals surface area contributed by atoms with Gasteiger partial charge < -0.3 is 21.5 Å². The van der Waals surface area contributed by atoms with Crippen molar-refractivity contribution in [1.82, 2.24) is 4.72 Å². The molecule has 6 N–H and O–H groups in total. The third-order valence-electron chi connectivity index (χ3n) is 6.44. The molecule has 0 aromatic heterocycles. The van der Waals surface area contributed by atoms with Gasteiger partial charge in [-0.15, -0.1) is 0 Å². The fraction of sp³-hybridized carbons (Fsp3) is 0.440. The van der Waals surface area contributed by atoms with Crippen LogP contribution >= 0.6 is 0 Å². The van der Waals surface area contributed by atoms with Crippen LogP contribution in [0.3, 0.4) is 0 Å². The molecule has 0 spiro atoms. The van der Waals surface area contributed by atoms with E-state index in [-0.39, 0.29) is 29.5 Å². The van der Waals surface area contributed by atoms with E-state index in [9.17, 15) is 23.3 Å². The first-order valence-electron chi connectivity index (χ1n) is 12.1. The summed E-state index contributed by atoms with van der Waals surface area (Å²) < 4.78 is 34.9. The number of anilines is 1. The van der Waals surface area contributed by atoms with Crippen LogP contribution in [0.15, 0.2) is 34.2 Å². The van der Waals surface area contributed by atoms with Crippen LogP contribution < -0.4 is 26.2 Å². The van der Waals surface area contributed by atoms with E-state index < -0.39 is 32.5 Å². The molecule has 0 aliphatic carbocycles. The Balaban J connectivity index is 1.58. The monoisotopic (exact) mass is 546 g/mol. The first-order valence-corrected chi connectivity index (χ1v) is 13.6. The number of nitro benzene ring substituents is 1. The molecule has 1 heterocycles. The smallest absolute Gasteiger partial charge is 0.269 e. The van der Waals surface area contributed by atoms with Gasteiger partial charge in [0.2, 0.25) is 11.9 Å².